The second kappa shape index (κ2) is 7.79. The Hall–Kier alpha value is -4.00. The van der Waals surface area contributed by atoms with E-state index in [9.17, 15) is 14.7 Å². The molecule has 0 atom stereocenters. The Morgan fingerprint density at radius 2 is 1.70 bits per heavy atom. The van der Waals surface area contributed by atoms with E-state index in [1.54, 1.807) is 24.3 Å². The topological polar surface area (TPSA) is 105 Å². The lowest BCUT2D eigenvalue weighted by Gasteiger charge is -2.07. The number of aromatic amines is 1. The molecule has 4 aromatic rings. The fourth-order valence-corrected chi connectivity index (χ4v) is 3.35. The van der Waals surface area contributed by atoms with Crippen molar-refractivity contribution in [3.8, 4) is 22.5 Å². The number of ether oxygens (including phenoxy) is 1. The third kappa shape index (κ3) is 3.41. The number of benzene rings is 2. The number of hydrogen-bond donors (Lipinski definition) is 2. The molecule has 2 N–H and O–H groups in total. The first kappa shape index (κ1) is 19.3. The number of rotatable bonds is 5. The molecule has 0 spiro atoms. The molecule has 0 amide bonds. The first-order valence-corrected chi connectivity index (χ1v) is 9.42. The van der Waals surface area contributed by atoms with Gasteiger partial charge >= 0.3 is 11.9 Å². The smallest absolute Gasteiger partial charge is 0.337 e. The molecule has 2 aromatic carbocycles. The summed E-state index contributed by atoms with van der Waals surface area (Å²) >= 11 is 0. The molecule has 0 aliphatic rings. The van der Waals surface area contributed by atoms with Gasteiger partial charge in [-0.1, -0.05) is 43.3 Å². The van der Waals surface area contributed by atoms with E-state index in [2.05, 4.69) is 22.1 Å². The van der Waals surface area contributed by atoms with Crippen LogP contribution < -0.4 is 0 Å². The highest BCUT2D eigenvalue weighted by Gasteiger charge is 2.20. The predicted octanol–water partition coefficient (Wildman–Crippen LogP) is 4.34. The zero-order valence-electron chi connectivity index (χ0n) is 16.5. The summed E-state index contributed by atoms with van der Waals surface area (Å²) in [5, 5.41) is 17.5. The Labute approximate surface area is 172 Å². The first-order chi connectivity index (χ1) is 14.5. The predicted molar refractivity (Wildman–Crippen MR) is 112 cm³/mol. The number of aromatic nitrogens is 3. The Kier molecular flexibility index (Phi) is 5.02. The lowest BCUT2D eigenvalue weighted by Crippen LogP contribution is -2.02. The molecule has 150 valence electrons. The molecule has 2 aromatic heterocycles. The SMILES string of the molecule is CCc1ccc(-c2[nH]nc3nc(-c4ccc(C(=O)OC)cc4)cc(C(=O)O)c23)cc1. The number of esters is 1. The number of methoxy groups -OCH3 is 1. The molecule has 0 bridgehead atoms. The van der Waals surface area contributed by atoms with Crippen LogP contribution in [0.3, 0.4) is 0 Å². The summed E-state index contributed by atoms with van der Waals surface area (Å²) in [5.74, 6) is -1.51. The first-order valence-electron chi connectivity index (χ1n) is 9.42. The van der Waals surface area contributed by atoms with E-state index in [1.807, 2.05) is 24.3 Å². The van der Waals surface area contributed by atoms with Crippen LogP contribution in [0.5, 0.6) is 0 Å². The Balaban J connectivity index is 1.83. The summed E-state index contributed by atoms with van der Waals surface area (Å²) in [6.07, 6.45) is 0.921. The minimum Gasteiger partial charge on any atom is -0.478 e. The minimum absolute atomic E-state index is 0.107. The van der Waals surface area contributed by atoms with Crippen molar-refractivity contribution in [3.05, 3.63) is 71.3 Å². The summed E-state index contributed by atoms with van der Waals surface area (Å²) in [7, 11) is 1.32. The summed E-state index contributed by atoms with van der Waals surface area (Å²) in [5.41, 5.74) is 4.60. The molecule has 2 heterocycles. The van der Waals surface area contributed by atoms with Crippen molar-refractivity contribution in [2.75, 3.05) is 7.11 Å². The Bertz CT molecular complexity index is 1240. The number of hydrogen-bond acceptors (Lipinski definition) is 5. The standard InChI is InChI=1S/C23H19N3O4/c1-3-13-4-6-15(7-5-13)20-19-17(22(27)28)12-18(24-21(19)26-25-20)14-8-10-16(11-9-14)23(29)30-2/h4-12H,3H2,1-2H3,(H,27,28)(H,24,25,26). The molecular weight excluding hydrogens is 382 g/mol. The number of carbonyl (C=O) groups excluding carboxylic acids is 1. The number of nitrogens with one attached hydrogen (secondary N) is 1. The largest absolute Gasteiger partial charge is 0.478 e. The van der Waals surface area contributed by atoms with Gasteiger partial charge in [-0.15, -0.1) is 0 Å². The normalized spacial score (nSPS) is 10.9. The molecule has 7 nitrogen and oxygen atoms in total. The number of aromatic carboxylic acids is 1. The van der Waals surface area contributed by atoms with Gasteiger partial charge in [-0.2, -0.15) is 5.10 Å². The summed E-state index contributed by atoms with van der Waals surface area (Å²) in [6.45, 7) is 2.08. The lowest BCUT2D eigenvalue weighted by atomic mass is 10.0. The molecule has 0 aliphatic carbocycles. The van der Waals surface area contributed by atoms with E-state index in [0.717, 1.165) is 12.0 Å². The van der Waals surface area contributed by atoms with Crippen LogP contribution in [0.15, 0.2) is 54.6 Å². The summed E-state index contributed by atoms with van der Waals surface area (Å²) in [6, 6.07) is 16.0. The van der Waals surface area contributed by atoms with Crippen molar-refractivity contribution in [1.82, 2.24) is 15.2 Å². The molecule has 7 heteroatoms. The van der Waals surface area contributed by atoms with Gasteiger partial charge < -0.3 is 9.84 Å². The van der Waals surface area contributed by atoms with Crippen LogP contribution in [-0.4, -0.2) is 39.3 Å². The number of carboxylic acids is 1. The monoisotopic (exact) mass is 401 g/mol. The fourth-order valence-electron chi connectivity index (χ4n) is 3.35. The number of aryl methyl sites for hydroxylation is 1. The average Bonchev–Trinajstić information content (AvgIpc) is 3.22. The third-order valence-electron chi connectivity index (χ3n) is 5.01. The van der Waals surface area contributed by atoms with E-state index >= 15 is 0 Å². The fraction of sp³-hybridized carbons (Fsp3) is 0.130. The van der Waals surface area contributed by atoms with Crippen molar-refractivity contribution < 1.29 is 19.4 Å². The van der Waals surface area contributed by atoms with Crippen molar-refractivity contribution in [2.45, 2.75) is 13.3 Å². The van der Waals surface area contributed by atoms with Crippen molar-refractivity contribution in [3.63, 3.8) is 0 Å². The third-order valence-corrected chi connectivity index (χ3v) is 5.01. The van der Waals surface area contributed by atoms with E-state index in [1.165, 1.54) is 18.7 Å². The number of pyridine rings is 1. The van der Waals surface area contributed by atoms with Crippen molar-refractivity contribution >= 4 is 23.0 Å². The molecule has 0 aliphatic heterocycles. The van der Waals surface area contributed by atoms with Gasteiger partial charge in [-0.25, -0.2) is 14.6 Å². The maximum atomic E-state index is 12.0. The van der Waals surface area contributed by atoms with Gasteiger partial charge in [-0.05, 0) is 30.2 Å². The molecule has 4 rings (SSSR count). The summed E-state index contributed by atoms with van der Waals surface area (Å²) < 4.78 is 4.70. The maximum absolute atomic E-state index is 12.0. The molecule has 0 unspecified atom stereocenters. The molecule has 0 saturated carbocycles. The lowest BCUT2D eigenvalue weighted by molar-refractivity contribution is 0.0600. The van der Waals surface area contributed by atoms with Gasteiger partial charge in [-0.3, -0.25) is 5.10 Å². The maximum Gasteiger partial charge on any atom is 0.337 e. The van der Waals surface area contributed by atoms with Gasteiger partial charge in [0.05, 0.1) is 35.0 Å². The molecule has 0 radical (unpaired) electrons. The Morgan fingerprint density at radius 1 is 1.03 bits per heavy atom. The quantitative estimate of drug-likeness (QED) is 0.482. The van der Waals surface area contributed by atoms with Crippen molar-refractivity contribution in [2.24, 2.45) is 0 Å². The highest BCUT2D eigenvalue weighted by atomic mass is 16.5. The number of carbonyl (C=O) groups is 2. The van der Waals surface area contributed by atoms with E-state index in [0.29, 0.717) is 33.5 Å². The number of carboxylic acid groups (broad SMARTS) is 1. The molecular formula is C23H19N3O4. The minimum atomic E-state index is -1.07. The highest BCUT2D eigenvalue weighted by molar-refractivity contribution is 6.08. The summed E-state index contributed by atoms with van der Waals surface area (Å²) in [4.78, 5) is 28.2. The zero-order chi connectivity index (χ0) is 21.3. The van der Waals surface area contributed by atoms with Crippen molar-refractivity contribution in [1.29, 1.82) is 0 Å². The second-order valence-corrected chi connectivity index (χ2v) is 6.78. The van der Waals surface area contributed by atoms with Gasteiger partial charge in [0.2, 0.25) is 0 Å². The highest BCUT2D eigenvalue weighted by Crippen LogP contribution is 2.31. The van der Waals surface area contributed by atoms with Crippen LogP contribution in [0.25, 0.3) is 33.5 Å². The van der Waals surface area contributed by atoms with E-state index in [-0.39, 0.29) is 5.56 Å². The number of H-pyrrole nitrogens is 1. The number of nitrogens with zero attached hydrogens (tertiary/aromatic N) is 2. The average molecular weight is 401 g/mol. The molecule has 0 fully saturated rings. The molecule has 30 heavy (non-hydrogen) atoms. The van der Waals surface area contributed by atoms with Crippen LogP contribution in [0, 0.1) is 0 Å². The van der Waals surface area contributed by atoms with Gasteiger partial charge in [0.1, 0.15) is 0 Å². The van der Waals surface area contributed by atoms with Gasteiger partial charge in [0.25, 0.3) is 0 Å². The van der Waals surface area contributed by atoms with Gasteiger partial charge in [0, 0.05) is 11.1 Å². The second-order valence-electron chi connectivity index (χ2n) is 6.78. The zero-order valence-corrected chi connectivity index (χ0v) is 16.5. The Morgan fingerprint density at radius 3 is 2.30 bits per heavy atom. The van der Waals surface area contributed by atoms with Crippen LogP contribution >= 0.6 is 0 Å². The van der Waals surface area contributed by atoms with Gasteiger partial charge in [0.15, 0.2) is 5.65 Å². The van der Waals surface area contributed by atoms with E-state index < -0.39 is 11.9 Å². The number of fused-ring (bicyclic) bond motifs is 1. The van der Waals surface area contributed by atoms with Crippen LogP contribution in [-0.2, 0) is 11.2 Å². The van der Waals surface area contributed by atoms with Crippen LogP contribution in [0.4, 0.5) is 0 Å². The molecule has 0 saturated heterocycles. The van der Waals surface area contributed by atoms with Crippen LogP contribution in [0.1, 0.15) is 33.2 Å². The van der Waals surface area contributed by atoms with E-state index in [4.69, 9.17) is 4.74 Å². The van der Waals surface area contributed by atoms with Crippen LogP contribution in [0.2, 0.25) is 0 Å².